The minimum atomic E-state index is -0.150. The molecule has 0 heterocycles. The van der Waals surface area contributed by atoms with Crippen molar-refractivity contribution in [3.8, 4) is 0 Å². The molecule has 0 saturated heterocycles. The molecule has 1 aromatic rings. The van der Waals surface area contributed by atoms with Crippen molar-refractivity contribution in [1.82, 2.24) is 10.2 Å². The van der Waals surface area contributed by atoms with Crippen molar-refractivity contribution in [1.29, 1.82) is 0 Å². The average Bonchev–Trinajstić information content (AvgIpc) is 2.36. The Labute approximate surface area is 141 Å². The second-order valence-corrected chi connectivity index (χ2v) is 5.27. The Kier molecular flexibility index (Phi) is 10.4. The van der Waals surface area contributed by atoms with Gasteiger partial charge in [0, 0.05) is 29.7 Å². The Balaban J connectivity index is 0.00000361. The lowest BCUT2D eigenvalue weighted by Crippen LogP contribution is -2.35. The Morgan fingerprint density at radius 1 is 1.25 bits per heavy atom. The van der Waals surface area contributed by atoms with E-state index in [0.717, 1.165) is 25.2 Å². The summed E-state index contributed by atoms with van der Waals surface area (Å²) in [7, 11) is 0. The van der Waals surface area contributed by atoms with Gasteiger partial charge in [0.25, 0.3) is 0 Å². The van der Waals surface area contributed by atoms with Gasteiger partial charge in [-0.2, -0.15) is 0 Å². The molecule has 0 spiro atoms. The van der Waals surface area contributed by atoms with Gasteiger partial charge in [-0.25, -0.2) is 0 Å². The van der Waals surface area contributed by atoms with E-state index in [2.05, 4.69) is 17.1 Å². The fourth-order valence-corrected chi connectivity index (χ4v) is 2.38. The standard InChI is InChI=1S/C13H17Cl3N2O.ClH/c1-2-18(4-3-17-13(19)8-14)9-10-5-11(15)7-12(16)6-10;/h5-7H,2-4,8-9H2,1H3,(H,17,19);1H. The van der Waals surface area contributed by atoms with Crippen molar-refractivity contribution in [2.75, 3.05) is 25.5 Å². The van der Waals surface area contributed by atoms with E-state index in [1.807, 2.05) is 12.1 Å². The van der Waals surface area contributed by atoms with Gasteiger partial charge in [0.2, 0.25) is 5.91 Å². The summed E-state index contributed by atoms with van der Waals surface area (Å²) in [6.45, 7) is 5.01. The predicted octanol–water partition coefficient (Wildman–Crippen LogP) is 3.59. The molecule has 0 aliphatic heterocycles. The van der Waals surface area contributed by atoms with Gasteiger partial charge in [0.05, 0.1) is 0 Å². The molecule has 0 aliphatic carbocycles. The average molecular weight is 360 g/mol. The maximum atomic E-state index is 11.0. The number of hydrogen-bond acceptors (Lipinski definition) is 2. The molecule has 7 heteroatoms. The van der Waals surface area contributed by atoms with Crippen molar-refractivity contribution in [3.63, 3.8) is 0 Å². The molecule has 0 aromatic heterocycles. The molecule has 0 radical (unpaired) electrons. The molecule has 114 valence electrons. The van der Waals surface area contributed by atoms with Crippen LogP contribution in [0, 0.1) is 0 Å². The Morgan fingerprint density at radius 2 is 1.85 bits per heavy atom. The molecule has 20 heavy (non-hydrogen) atoms. The Bertz CT molecular complexity index is 409. The van der Waals surface area contributed by atoms with E-state index in [4.69, 9.17) is 34.8 Å². The first-order valence-corrected chi connectivity index (χ1v) is 7.34. The van der Waals surface area contributed by atoms with Crippen molar-refractivity contribution in [2.45, 2.75) is 13.5 Å². The number of amides is 1. The SMILES string of the molecule is CCN(CCNC(=O)CCl)Cc1cc(Cl)cc(Cl)c1.Cl. The topological polar surface area (TPSA) is 32.3 Å². The molecular formula is C13H18Cl4N2O. The van der Waals surface area contributed by atoms with Crippen molar-refractivity contribution in [2.24, 2.45) is 0 Å². The zero-order chi connectivity index (χ0) is 14.3. The normalized spacial score (nSPS) is 10.2. The summed E-state index contributed by atoms with van der Waals surface area (Å²) in [6, 6.07) is 5.50. The van der Waals surface area contributed by atoms with Crippen LogP contribution >= 0.6 is 47.2 Å². The Hall–Kier alpha value is -0.190. The lowest BCUT2D eigenvalue weighted by molar-refractivity contribution is -0.118. The van der Waals surface area contributed by atoms with Crippen LogP contribution in [0.25, 0.3) is 0 Å². The number of nitrogens with one attached hydrogen (secondary N) is 1. The number of carbonyl (C=O) groups is 1. The lowest BCUT2D eigenvalue weighted by Gasteiger charge is -2.20. The first-order valence-electron chi connectivity index (χ1n) is 6.05. The summed E-state index contributed by atoms with van der Waals surface area (Å²) in [5.41, 5.74) is 1.06. The van der Waals surface area contributed by atoms with E-state index < -0.39 is 0 Å². The van der Waals surface area contributed by atoms with Crippen LogP contribution in [0.1, 0.15) is 12.5 Å². The van der Waals surface area contributed by atoms with Crippen LogP contribution in [0.4, 0.5) is 0 Å². The van der Waals surface area contributed by atoms with E-state index in [-0.39, 0.29) is 24.2 Å². The molecule has 1 aromatic carbocycles. The molecule has 0 aliphatic rings. The fraction of sp³-hybridized carbons (Fsp3) is 0.462. The first kappa shape index (κ1) is 19.8. The van der Waals surface area contributed by atoms with E-state index in [9.17, 15) is 4.79 Å². The summed E-state index contributed by atoms with van der Waals surface area (Å²) in [6.07, 6.45) is 0. The molecule has 0 atom stereocenters. The van der Waals surface area contributed by atoms with Crippen molar-refractivity contribution < 1.29 is 4.79 Å². The van der Waals surface area contributed by atoms with Crippen LogP contribution in [0.2, 0.25) is 10.0 Å². The van der Waals surface area contributed by atoms with E-state index in [1.54, 1.807) is 6.07 Å². The number of hydrogen-bond donors (Lipinski definition) is 1. The number of likely N-dealkylation sites (N-methyl/N-ethyl adjacent to an activating group) is 1. The first-order chi connectivity index (χ1) is 9.05. The number of benzene rings is 1. The third-order valence-electron chi connectivity index (χ3n) is 2.65. The molecular weight excluding hydrogens is 342 g/mol. The summed E-state index contributed by atoms with van der Waals surface area (Å²) >= 11 is 17.3. The molecule has 3 nitrogen and oxygen atoms in total. The minimum absolute atomic E-state index is 0. The van der Waals surface area contributed by atoms with E-state index >= 15 is 0 Å². The van der Waals surface area contributed by atoms with Gasteiger partial charge in [-0.1, -0.05) is 30.1 Å². The van der Waals surface area contributed by atoms with Crippen LogP contribution < -0.4 is 5.32 Å². The fourth-order valence-electron chi connectivity index (χ4n) is 1.71. The highest BCUT2D eigenvalue weighted by atomic mass is 35.5. The number of halogens is 4. The number of nitrogens with zero attached hydrogens (tertiary/aromatic N) is 1. The third-order valence-corrected chi connectivity index (χ3v) is 3.33. The van der Waals surface area contributed by atoms with Gasteiger partial charge in [-0.15, -0.1) is 24.0 Å². The van der Waals surface area contributed by atoms with Gasteiger partial charge in [-0.3, -0.25) is 9.69 Å². The van der Waals surface area contributed by atoms with E-state index in [0.29, 0.717) is 16.6 Å². The van der Waals surface area contributed by atoms with E-state index in [1.165, 1.54) is 0 Å². The maximum absolute atomic E-state index is 11.0. The second-order valence-electron chi connectivity index (χ2n) is 4.13. The zero-order valence-corrected chi connectivity index (χ0v) is 14.2. The maximum Gasteiger partial charge on any atom is 0.234 e. The zero-order valence-electron chi connectivity index (χ0n) is 11.2. The quantitative estimate of drug-likeness (QED) is 0.754. The number of rotatable bonds is 7. The van der Waals surface area contributed by atoms with Crippen LogP contribution in [-0.2, 0) is 11.3 Å². The van der Waals surface area contributed by atoms with Crippen molar-refractivity contribution >= 4 is 53.1 Å². The molecule has 1 N–H and O–H groups in total. The third kappa shape index (κ3) is 7.55. The van der Waals surface area contributed by atoms with Crippen molar-refractivity contribution in [3.05, 3.63) is 33.8 Å². The van der Waals surface area contributed by atoms with Gasteiger partial charge in [-0.05, 0) is 30.3 Å². The van der Waals surface area contributed by atoms with Gasteiger partial charge in [0.15, 0.2) is 0 Å². The smallest absolute Gasteiger partial charge is 0.234 e. The van der Waals surface area contributed by atoms with Gasteiger partial charge >= 0.3 is 0 Å². The highest BCUT2D eigenvalue weighted by Gasteiger charge is 2.06. The van der Waals surface area contributed by atoms with Gasteiger partial charge < -0.3 is 5.32 Å². The van der Waals surface area contributed by atoms with Crippen LogP contribution in [0.15, 0.2) is 18.2 Å². The largest absolute Gasteiger partial charge is 0.354 e. The highest BCUT2D eigenvalue weighted by molar-refractivity contribution is 6.34. The molecule has 0 unspecified atom stereocenters. The van der Waals surface area contributed by atoms with Crippen LogP contribution in [-0.4, -0.2) is 36.3 Å². The summed E-state index contributed by atoms with van der Waals surface area (Å²) in [4.78, 5) is 13.2. The summed E-state index contributed by atoms with van der Waals surface area (Å²) < 4.78 is 0. The summed E-state index contributed by atoms with van der Waals surface area (Å²) in [5, 5.41) is 4.01. The van der Waals surface area contributed by atoms with Crippen LogP contribution in [0.3, 0.4) is 0 Å². The predicted molar refractivity (Wildman–Crippen MR) is 88.4 cm³/mol. The Morgan fingerprint density at radius 3 is 2.35 bits per heavy atom. The molecule has 0 saturated carbocycles. The van der Waals surface area contributed by atoms with Crippen LogP contribution in [0.5, 0.6) is 0 Å². The molecule has 1 amide bonds. The highest BCUT2D eigenvalue weighted by Crippen LogP contribution is 2.20. The number of alkyl halides is 1. The molecule has 0 fully saturated rings. The molecule has 1 rings (SSSR count). The molecule has 0 bridgehead atoms. The lowest BCUT2D eigenvalue weighted by atomic mass is 10.2. The monoisotopic (exact) mass is 358 g/mol. The van der Waals surface area contributed by atoms with Gasteiger partial charge in [0.1, 0.15) is 5.88 Å². The summed E-state index contributed by atoms with van der Waals surface area (Å²) in [5.74, 6) is -0.153. The number of carbonyl (C=O) groups excluding carboxylic acids is 1. The minimum Gasteiger partial charge on any atom is -0.354 e. The second kappa shape index (κ2) is 10.5.